The third kappa shape index (κ3) is 44.7. The van der Waals surface area contributed by atoms with Gasteiger partial charge in [-0.15, -0.1) is 0 Å². The van der Waals surface area contributed by atoms with Gasteiger partial charge in [0.2, 0.25) is 5.91 Å². The van der Waals surface area contributed by atoms with Gasteiger partial charge in [0.15, 0.2) is 0 Å². The summed E-state index contributed by atoms with van der Waals surface area (Å²) in [7, 11) is 0. The van der Waals surface area contributed by atoms with Crippen molar-refractivity contribution >= 4 is 11.9 Å². The number of hydrogen-bond acceptors (Lipinski definition) is 5. The number of unbranched alkanes of at least 4 members (excludes halogenated alkanes) is 31. The predicted molar refractivity (Wildman–Crippen MR) is 269 cm³/mol. The van der Waals surface area contributed by atoms with Crippen LogP contribution in [-0.4, -0.2) is 46.9 Å². The Kier molecular flexibility index (Phi) is 48.5. The number of aliphatic hydroxyl groups is 2. The molecule has 0 aromatic heterocycles. The molecule has 0 aliphatic rings. The molecule has 0 spiro atoms. The molecule has 0 aliphatic heterocycles. The Balaban J connectivity index is 4.52. The van der Waals surface area contributed by atoms with Gasteiger partial charge in [-0.2, -0.15) is 0 Å². The average Bonchev–Trinajstić information content (AvgIpc) is 3.26. The maximum atomic E-state index is 13.2. The van der Waals surface area contributed by atoms with Crippen molar-refractivity contribution < 1.29 is 24.5 Å². The Morgan fingerprint density at radius 2 is 0.871 bits per heavy atom. The number of allylic oxidation sites excluding steroid dienone is 6. The molecule has 0 fully saturated rings. The van der Waals surface area contributed by atoms with Crippen LogP contribution in [0.1, 0.15) is 284 Å². The topological polar surface area (TPSA) is 95.9 Å². The van der Waals surface area contributed by atoms with Gasteiger partial charge in [-0.05, 0) is 77.0 Å². The quantitative estimate of drug-likeness (QED) is 0.0321. The molecule has 0 radical (unpaired) electrons. The molecule has 3 N–H and O–H groups in total. The van der Waals surface area contributed by atoms with Crippen molar-refractivity contribution in [3.05, 3.63) is 36.5 Å². The van der Waals surface area contributed by atoms with Crippen LogP contribution in [0.15, 0.2) is 36.5 Å². The SMILES string of the molecule is CC/C=C/C/C=C/CCCCCCCCCC(=O)OC(CCCCCCC/C=C\CCCCCC)CC(=O)NC(CO)C(O)CCCCCCCCCCCCCCCCCC. The predicted octanol–water partition coefficient (Wildman–Crippen LogP) is 16.5. The van der Waals surface area contributed by atoms with Gasteiger partial charge in [0, 0.05) is 6.42 Å². The van der Waals surface area contributed by atoms with Crippen LogP contribution in [0.2, 0.25) is 0 Å². The van der Waals surface area contributed by atoms with Gasteiger partial charge < -0.3 is 20.3 Å². The van der Waals surface area contributed by atoms with Gasteiger partial charge in [0.05, 0.1) is 25.2 Å². The van der Waals surface area contributed by atoms with Crippen molar-refractivity contribution in [3.8, 4) is 0 Å². The highest BCUT2D eigenvalue weighted by Gasteiger charge is 2.24. The highest BCUT2D eigenvalue weighted by molar-refractivity contribution is 5.77. The normalized spacial score (nSPS) is 13.4. The highest BCUT2D eigenvalue weighted by atomic mass is 16.5. The summed E-state index contributed by atoms with van der Waals surface area (Å²) < 4.78 is 5.94. The van der Waals surface area contributed by atoms with E-state index >= 15 is 0 Å². The van der Waals surface area contributed by atoms with Crippen molar-refractivity contribution in [2.75, 3.05) is 6.61 Å². The van der Waals surface area contributed by atoms with E-state index in [0.29, 0.717) is 19.3 Å². The summed E-state index contributed by atoms with van der Waals surface area (Å²) in [6.07, 6.45) is 59.2. The second-order valence-electron chi connectivity index (χ2n) is 18.6. The van der Waals surface area contributed by atoms with Gasteiger partial charge in [-0.3, -0.25) is 9.59 Å². The van der Waals surface area contributed by atoms with Crippen molar-refractivity contribution in [1.29, 1.82) is 0 Å². The number of esters is 1. The maximum absolute atomic E-state index is 13.2. The lowest BCUT2D eigenvalue weighted by Gasteiger charge is -2.24. The van der Waals surface area contributed by atoms with E-state index in [9.17, 15) is 19.8 Å². The average molecular weight is 872 g/mol. The van der Waals surface area contributed by atoms with Gasteiger partial charge in [0.1, 0.15) is 6.10 Å². The number of amides is 1. The molecule has 3 atom stereocenters. The molecule has 0 aliphatic carbocycles. The number of hydrogen-bond donors (Lipinski definition) is 3. The number of aliphatic hydroxyl groups excluding tert-OH is 2. The second kappa shape index (κ2) is 50.1. The van der Waals surface area contributed by atoms with Crippen LogP contribution in [0.3, 0.4) is 0 Å². The molecular formula is C56H105NO5. The first-order valence-corrected chi connectivity index (χ1v) is 27.2. The van der Waals surface area contributed by atoms with Crippen LogP contribution in [0.4, 0.5) is 0 Å². The van der Waals surface area contributed by atoms with E-state index in [1.807, 2.05) is 0 Å². The number of ether oxygens (including phenoxy) is 1. The Hall–Kier alpha value is -1.92. The molecule has 0 bridgehead atoms. The molecule has 0 saturated heterocycles. The molecule has 0 rings (SSSR count). The zero-order valence-corrected chi connectivity index (χ0v) is 41.5. The first kappa shape index (κ1) is 60.1. The van der Waals surface area contributed by atoms with E-state index < -0.39 is 18.2 Å². The van der Waals surface area contributed by atoms with Gasteiger partial charge in [-0.25, -0.2) is 0 Å². The smallest absolute Gasteiger partial charge is 0.306 e. The van der Waals surface area contributed by atoms with Crippen molar-refractivity contribution in [2.24, 2.45) is 0 Å². The third-order valence-electron chi connectivity index (χ3n) is 12.5. The second-order valence-corrected chi connectivity index (χ2v) is 18.6. The molecular weight excluding hydrogens is 767 g/mol. The minimum Gasteiger partial charge on any atom is -0.462 e. The van der Waals surface area contributed by atoms with E-state index in [1.54, 1.807) is 0 Å². The Bertz CT molecular complexity index is 1020. The molecule has 0 heterocycles. The largest absolute Gasteiger partial charge is 0.462 e. The standard InChI is InChI=1S/C56H105NO5/c1-4-7-10-13-16-19-22-25-27-28-30-33-36-39-42-45-48-54(59)53(51-58)57-55(60)50-52(47-44-41-38-35-32-29-24-21-18-15-12-9-6-3)62-56(61)49-46-43-40-37-34-31-26-23-20-17-14-11-8-5-2/h8,11,17,20-21,24,52-54,58-59H,4-7,9-10,12-16,18-19,22-23,25-51H2,1-3H3,(H,57,60)/b11-8+,20-17+,24-21-. The minimum atomic E-state index is -0.790. The zero-order chi connectivity index (χ0) is 45.2. The van der Waals surface area contributed by atoms with Gasteiger partial charge in [0.25, 0.3) is 0 Å². The molecule has 364 valence electrons. The van der Waals surface area contributed by atoms with E-state index in [0.717, 1.165) is 77.0 Å². The Labute approximate surface area is 385 Å². The summed E-state index contributed by atoms with van der Waals surface area (Å²) in [6.45, 7) is 6.39. The van der Waals surface area contributed by atoms with Crippen molar-refractivity contribution in [2.45, 2.75) is 302 Å². The highest BCUT2D eigenvalue weighted by Crippen LogP contribution is 2.18. The van der Waals surface area contributed by atoms with Crippen LogP contribution in [0.25, 0.3) is 0 Å². The number of carbonyl (C=O) groups is 2. The molecule has 1 amide bonds. The van der Waals surface area contributed by atoms with Crippen LogP contribution < -0.4 is 5.32 Å². The number of carbonyl (C=O) groups excluding carboxylic acids is 2. The summed E-state index contributed by atoms with van der Waals surface area (Å²) in [5, 5.41) is 23.8. The fourth-order valence-electron chi connectivity index (χ4n) is 8.35. The molecule has 0 saturated carbocycles. The summed E-state index contributed by atoms with van der Waals surface area (Å²) in [4.78, 5) is 26.2. The first-order chi connectivity index (χ1) is 30.5. The van der Waals surface area contributed by atoms with E-state index in [-0.39, 0.29) is 24.9 Å². The summed E-state index contributed by atoms with van der Waals surface area (Å²) >= 11 is 0. The lowest BCUT2D eigenvalue weighted by atomic mass is 10.0. The molecule has 0 aromatic rings. The molecule has 3 unspecified atom stereocenters. The van der Waals surface area contributed by atoms with E-state index in [1.165, 1.54) is 161 Å². The summed E-state index contributed by atoms with van der Waals surface area (Å²) in [5.41, 5.74) is 0. The van der Waals surface area contributed by atoms with Crippen LogP contribution in [0.5, 0.6) is 0 Å². The molecule has 0 aromatic carbocycles. The lowest BCUT2D eigenvalue weighted by Crippen LogP contribution is -2.46. The monoisotopic (exact) mass is 872 g/mol. The van der Waals surface area contributed by atoms with Gasteiger partial charge >= 0.3 is 5.97 Å². The molecule has 6 nitrogen and oxygen atoms in total. The molecule has 62 heavy (non-hydrogen) atoms. The summed E-state index contributed by atoms with van der Waals surface area (Å²) in [5.74, 6) is -0.481. The van der Waals surface area contributed by atoms with E-state index in [4.69, 9.17) is 4.74 Å². The number of nitrogens with one attached hydrogen (secondary N) is 1. The summed E-state index contributed by atoms with van der Waals surface area (Å²) in [6, 6.07) is -0.704. The molecule has 6 heteroatoms. The van der Waals surface area contributed by atoms with Crippen molar-refractivity contribution in [1.82, 2.24) is 5.32 Å². The third-order valence-corrected chi connectivity index (χ3v) is 12.5. The lowest BCUT2D eigenvalue weighted by molar-refractivity contribution is -0.151. The fourth-order valence-corrected chi connectivity index (χ4v) is 8.35. The van der Waals surface area contributed by atoms with E-state index in [2.05, 4.69) is 62.5 Å². The number of rotatable bonds is 49. The Morgan fingerprint density at radius 3 is 1.34 bits per heavy atom. The van der Waals surface area contributed by atoms with Crippen LogP contribution in [-0.2, 0) is 14.3 Å². The minimum absolute atomic E-state index is 0.0711. The van der Waals surface area contributed by atoms with Crippen molar-refractivity contribution in [3.63, 3.8) is 0 Å². The van der Waals surface area contributed by atoms with Gasteiger partial charge in [-0.1, -0.05) is 231 Å². The Morgan fingerprint density at radius 1 is 0.484 bits per heavy atom. The maximum Gasteiger partial charge on any atom is 0.306 e. The van der Waals surface area contributed by atoms with Crippen LogP contribution >= 0.6 is 0 Å². The first-order valence-electron chi connectivity index (χ1n) is 27.2. The van der Waals surface area contributed by atoms with Crippen LogP contribution in [0, 0.1) is 0 Å². The zero-order valence-electron chi connectivity index (χ0n) is 41.5. The fraction of sp³-hybridized carbons (Fsp3) is 0.857.